The summed E-state index contributed by atoms with van der Waals surface area (Å²) in [6, 6.07) is 5.41. The van der Waals surface area contributed by atoms with Crippen LogP contribution in [0.15, 0.2) is 34.9 Å². The van der Waals surface area contributed by atoms with Crippen molar-refractivity contribution < 1.29 is 13.2 Å². The molecule has 106 valence electrons. The van der Waals surface area contributed by atoms with Crippen molar-refractivity contribution in [3.8, 4) is 0 Å². The summed E-state index contributed by atoms with van der Waals surface area (Å²) in [6.07, 6.45) is -2.76. The fourth-order valence-corrected chi connectivity index (χ4v) is 2.02. The highest BCUT2D eigenvalue weighted by molar-refractivity contribution is 9.10. The maximum absolute atomic E-state index is 12.7. The van der Waals surface area contributed by atoms with Crippen LogP contribution >= 0.6 is 15.9 Å². The number of benzene rings is 1. The molecule has 2 aromatic rings. The number of pyridine rings is 1. The molecule has 0 amide bonds. The summed E-state index contributed by atoms with van der Waals surface area (Å²) in [5.74, 6) is 0.493. The lowest BCUT2D eigenvalue weighted by Gasteiger charge is -2.14. The van der Waals surface area contributed by atoms with E-state index in [1.165, 1.54) is 6.07 Å². The molecule has 0 aliphatic rings. The number of rotatable bonds is 2. The van der Waals surface area contributed by atoms with Gasteiger partial charge in [-0.05, 0) is 59.1 Å². The molecule has 20 heavy (non-hydrogen) atoms. The van der Waals surface area contributed by atoms with Crippen molar-refractivity contribution in [3.05, 3.63) is 51.6 Å². The van der Waals surface area contributed by atoms with E-state index in [4.69, 9.17) is 0 Å². The van der Waals surface area contributed by atoms with E-state index in [9.17, 15) is 13.2 Å². The average molecular weight is 345 g/mol. The van der Waals surface area contributed by atoms with Crippen LogP contribution in [0, 0.1) is 13.8 Å². The van der Waals surface area contributed by atoms with Crippen molar-refractivity contribution >= 4 is 27.4 Å². The first-order valence-corrected chi connectivity index (χ1v) is 6.64. The molecule has 0 spiro atoms. The van der Waals surface area contributed by atoms with Crippen molar-refractivity contribution in [3.63, 3.8) is 0 Å². The van der Waals surface area contributed by atoms with Crippen LogP contribution in [0.25, 0.3) is 0 Å². The Morgan fingerprint density at radius 1 is 1.10 bits per heavy atom. The number of nitrogens with zero attached hydrogens (tertiary/aromatic N) is 1. The molecule has 0 saturated heterocycles. The summed E-state index contributed by atoms with van der Waals surface area (Å²) in [5, 5.41) is 2.94. The lowest BCUT2D eigenvalue weighted by molar-refractivity contribution is -0.137. The molecular weight excluding hydrogens is 333 g/mol. The van der Waals surface area contributed by atoms with E-state index in [-0.39, 0.29) is 0 Å². The van der Waals surface area contributed by atoms with Gasteiger partial charge < -0.3 is 5.32 Å². The number of halogens is 4. The Labute approximate surface area is 123 Å². The first-order chi connectivity index (χ1) is 9.29. The van der Waals surface area contributed by atoms with Crippen molar-refractivity contribution in [2.45, 2.75) is 20.0 Å². The number of aryl methyl sites for hydroxylation is 2. The molecular formula is C14H12BrF3N2. The van der Waals surface area contributed by atoms with Crippen LogP contribution in [0.2, 0.25) is 0 Å². The van der Waals surface area contributed by atoms with Crippen molar-refractivity contribution in [1.29, 1.82) is 0 Å². The molecule has 1 aromatic carbocycles. The molecule has 0 radical (unpaired) electrons. The Morgan fingerprint density at radius 2 is 1.80 bits per heavy atom. The quantitative estimate of drug-likeness (QED) is 0.807. The Hall–Kier alpha value is -1.56. The molecule has 1 heterocycles. The fourth-order valence-electron chi connectivity index (χ4n) is 1.69. The maximum Gasteiger partial charge on any atom is 0.416 e. The zero-order valence-corrected chi connectivity index (χ0v) is 12.4. The van der Waals surface area contributed by atoms with Crippen LogP contribution in [-0.2, 0) is 6.18 Å². The van der Waals surface area contributed by atoms with Gasteiger partial charge in [0.25, 0.3) is 0 Å². The second-order valence-corrected chi connectivity index (χ2v) is 5.24. The molecule has 0 fully saturated rings. The third-order valence-electron chi connectivity index (χ3n) is 2.90. The zero-order valence-electron chi connectivity index (χ0n) is 10.8. The predicted octanol–water partition coefficient (Wildman–Crippen LogP) is 5.22. The zero-order chi connectivity index (χ0) is 14.9. The molecule has 0 bridgehead atoms. The molecule has 2 nitrogen and oxygen atoms in total. The molecule has 6 heteroatoms. The van der Waals surface area contributed by atoms with Gasteiger partial charge in [0.15, 0.2) is 0 Å². The molecule has 2 rings (SSSR count). The largest absolute Gasteiger partial charge is 0.416 e. The second-order valence-electron chi connectivity index (χ2n) is 4.44. The summed E-state index contributed by atoms with van der Waals surface area (Å²) in [4.78, 5) is 4.13. The lowest BCUT2D eigenvalue weighted by atomic mass is 10.1. The van der Waals surface area contributed by atoms with Gasteiger partial charge in [0.05, 0.1) is 10.0 Å². The Morgan fingerprint density at radius 3 is 2.45 bits per heavy atom. The third kappa shape index (κ3) is 3.12. The van der Waals surface area contributed by atoms with Gasteiger partial charge in [0.2, 0.25) is 0 Å². The van der Waals surface area contributed by atoms with Crippen molar-refractivity contribution in [1.82, 2.24) is 4.98 Å². The minimum atomic E-state index is -4.36. The molecule has 1 aromatic heterocycles. The Bertz CT molecular complexity index is 639. The molecule has 0 aliphatic heterocycles. The van der Waals surface area contributed by atoms with Gasteiger partial charge in [-0.1, -0.05) is 6.07 Å². The Balaban J connectivity index is 2.41. The number of anilines is 2. The van der Waals surface area contributed by atoms with E-state index in [1.54, 1.807) is 13.1 Å². The molecule has 0 unspecified atom stereocenters. The molecule has 0 saturated carbocycles. The van der Waals surface area contributed by atoms with Crippen LogP contribution in [0.1, 0.15) is 16.7 Å². The standard InChI is InChI=1S/C14H12BrF3N2/c1-8-3-4-10(14(16,17)18)7-11(8)20-13-12(15)9(2)5-6-19-13/h3-7H,1-2H3,(H,19,20). The molecule has 0 aliphatic carbocycles. The molecule has 0 atom stereocenters. The van der Waals surface area contributed by atoms with E-state index in [0.717, 1.165) is 22.2 Å². The van der Waals surface area contributed by atoms with E-state index < -0.39 is 11.7 Å². The summed E-state index contributed by atoms with van der Waals surface area (Å²) in [5.41, 5.74) is 1.37. The highest BCUT2D eigenvalue weighted by Crippen LogP contribution is 2.34. The normalized spacial score (nSPS) is 11.5. The summed E-state index contributed by atoms with van der Waals surface area (Å²) in [6.45, 7) is 3.63. The van der Waals surface area contributed by atoms with Gasteiger partial charge in [-0.25, -0.2) is 4.98 Å². The highest BCUT2D eigenvalue weighted by atomic mass is 79.9. The predicted molar refractivity (Wildman–Crippen MR) is 76.1 cm³/mol. The summed E-state index contributed by atoms with van der Waals surface area (Å²) < 4.78 is 38.9. The average Bonchev–Trinajstić information content (AvgIpc) is 2.36. The number of aromatic nitrogens is 1. The van der Waals surface area contributed by atoms with Gasteiger partial charge in [-0.3, -0.25) is 0 Å². The topological polar surface area (TPSA) is 24.9 Å². The van der Waals surface area contributed by atoms with E-state index in [2.05, 4.69) is 26.2 Å². The monoisotopic (exact) mass is 344 g/mol. The minimum absolute atomic E-state index is 0.388. The van der Waals surface area contributed by atoms with Crippen molar-refractivity contribution in [2.75, 3.05) is 5.32 Å². The minimum Gasteiger partial charge on any atom is -0.339 e. The maximum atomic E-state index is 12.7. The number of alkyl halides is 3. The Kier molecular flexibility index (Phi) is 4.04. The van der Waals surface area contributed by atoms with Gasteiger partial charge in [0, 0.05) is 11.9 Å². The van der Waals surface area contributed by atoms with Crippen LogP contribution in [-0.4, -0.2) is 4.98 Å². The first-order valence-electron chi connectivity index (χ1n) is 5.85. The van der Waals surface area contributed by atoms with E-state index in [0.29, 0.717) is 17.1 Å². The van der Waals surface area contributed by atoms with Gasteiger partial charge in [0.1, 0.15) is 5.82 Å². The number of hydrogen-bond donors (Lipinski definition) is 1. The van der Waals surface area contributed by atoms with Crippen molar-refractivity contribution in [2.24, 2.45) is 0 Å². The van der Waals surface area contributed by atoms with Crippen LogP contribution in [0.5, 0.6) is 0 Å². The van der Waals surface area contributed by atoms with Crippen LogP contribution in [0.3, 0.4) is 0 Å². The number of nitrogens with one attached hydrogen (secondary N) is 1. The number of hydrogen-bond acceptors (Lipinski definition) is 2. The summed E-state index contributed by atoms with van der Waals surface area (Å²) >= 11 is 3.37. The summed E-state index contributed by atoms with van der Waals surface area (Å²) in [7, 11) is 0. The lowest BCUT2D eigenvalue weighted by Crippen LogP contribution is -2.06. The second kappa shape index (κ2) is 5.44. The van der Waals surface area contributed by atoms with E-state index in [1.807, 2.05) is 13.0 Å². The van der Waals surface area contributed by atoms with E-state index >= 15 is 0 Å². The SMILES string of the molecule is Cc1ccc(C(F)(F)F)cc1Nc1nccc(C)c1Br. The van der Waals surface area contributed by atoms with Gasteiger partial charge >= 0.3 is 6.18 Å². The fraction of sp³-hybridized carbons (Fsp3) is 0.214. The first kappa shape index (κ1) is 14.8. The molecule has 1 N–H and O–H groups in total. The van der Waals surface area contributed by atoms with Gasteiger partial charge in [-0.2, -0.15) is 13.2 Å². The van der Waals surface area contributed by atoms with Crippen LogP contribution in [0.4, 0.5) is 24.7 Å². The highest BCUT2D eigenvalue weighted by Gasteiger charge is 2.30. The van der Waals surface area contributed by atoms with Crippen LogP contribution < -0.4 is 5.32 Å². The smallest absolute Gasteiger partial charge is 0.339 e. The van der Waals surface area contributed by atoms with Gasteiger partial charge in [-0.15, -0.1) is 0 Å². The third-order valence-corrected chi connectivity index (χ3v) is 3.90.